The molecular weight excluding hydrogens is 646 g/mol. The first-order valence-corrected chi connectivity index (χ1v) is 17.8. The standard InChI is InChI=1S/C38H39N9O4/c1-51-32-14-27(37(48)46-21-26-6-7-30(46)33(26)43-38(49)50)12-29-34(32)47(20-23-8-10-44(18-23)28-11-24(15-39)16-40-17-28)36(42-29)31-13-25-3-2-9-41-35(25)45(31)19-22-4-5-22/h2-3,9,11-14,16-17,22-23,26,30,33,43H,4-8,10,18-21H2,1H3,(H,49,50)/t23?,26-,30-,33-/m1/s1. The number of nitrogens with zero attached hydrogens (tertiary/aromatic N) is 8. The van der Waals surface area contributed by atoms with E-state index in [1.165, 1.54) is 12.8 Å². The van der Waals surface area contributed by atoms with Crippen molar-refractivity contribution in [1.29, 1.82) is 5.26 Å². The molecule has 2 bridgehead atoms. The molecule has 4 aromatic heterocycles. The number of pyridine rings is 2. The van der Waals surface area contributed by atoms with Crippen LogP contribution in [-0.2, 0) is 13.1 Å². The van der Waals surface area contributed by atoms with Gasteiger partial charge in [0.05, 0.1) is 47.9 Å². The van der Waals surface area contributed by atoms with Crippen LogP contribution in [0.4, 0.5) is 10.5 Å². The van der Waals surface area contributed by atoms with Crippen LogP contribution in [0.5, 0.6) is 5.75 Å². The maximum atomic E-state index is 14.2. The van der Waals surface area contributed by atoms with E-state index < -0.39 is 6.09 Å². The highest BCUT2D eigenvalue weighted by atomic mass is 16.5. The third kappa shape index (κ3) is 5.49. The van der Waals surface area contributed by atoms with E-state index in [4.69, 9.17) is 14.7 Å². The normalized spacial score (nSPS) is 22.6. The van der Waals surface area contributed by atoms with Crippen molar-refractivity contribution in [1.82, 2.24) is 34.3 Å². The molecule has 1 aromatic carbocycles. The minimum atomic E-state index is -1.06. The number of rotatable bonds is 9. The highest BCUT2D eigenvalue weighted by Gasteiger charge is 2.49. The molecule has 2 aliphatic heterocycles. The highest BCUT2D eigenvalue weighted by molar-refractivity contribution is 6.00. The molecular formula is C38H39N9O4. The van der Waals surface area contributed by atoms with Crippen LogP contribution < -0.4 is 15.0 Å². The topological polar surface area (TPSA) is 154 Å². The van der Waals surface area contributed by atoms with Gasteiger partial charge in [0.15, 0.2) is 5.82 Å². The van der Waals surface area contributed by atoms with Gasteiger partial charge in [0.25, 0.3) is 5.91 Å². The van der Waals surface area contributed by atoms with E-state index in [9.17, 15) is 20.0 Å². The lowest BCUT2D eigenvalue weighted by Crippen LogP contribution is -2.45. The average Bonchev–Trinajstić information content (AvgIpc) is 3.48. The number of methoxy groups -OCH3 is 1. The van der Waals surface area contributed by atoms with Crippen molar-refractivity contribution in [3.63, 3.8) is 0 Å². The molecule has 4 aliphatic rings. The van der Waals surface area contributed by atoms with E-state index >= 15 is 0 Å². The van der Waals surface area contributed by atoms with Crippen molar-refractivity contribution in [3.05, 3.63) is 66.1 Å². The van der Waals surface area contributed by atoms with Gasteiger partial charge in [-0.2, -0.15) is 5.26 Å². The second-order valence-electron chi connectivity index (χ2n) is 14.6. The molecule has 6 heterocycles. The Hall–Kier alpha value is -5.64. The molecule has 2 aliphatic carbocycles. The van der Waals surface area contributed by atoms with E-state index in [1.807, 2.05) is 41.6 Å². The summed E-state index contributed by atoms with van der Waals surface area (Å²) in [4.78, 5) is 44.2. The van der Waals surface area contributed by atoms with Crippen molar-refractivity contribution in [2.45, 2.75) is 57.3 Å². The Morgan fingerprint density at radius 1 is 1.04 bits per heavy atom. The van der Waals surface area contributed by atoms with E-state index in [1.54, 1.807) is 13.3 Å². The number of ether oxygens (including phenoxy) is 1. The summed E-state index contributed by atoms with van der Waals surface area (Å²) in [6.45, 7) is 3.70. The summed E-state index contributed by atoms with van der Waals surface area (Å²) in [5, 5.41) is 22.6. The lowest BCUT2D eigenvalue weighted by Gasteiger charge is -2.27. The third-order valence-corrected chi connectivity index (χ3v) is 11.4. The zero-order valence-corrected chi connectivity index (χ0v) is 28.4. The Labute approximate surface area is 294 Å². The van der Waals surface area contributed by atoms with Gasteiger partial charge < -0.3 is 34.1 Å². The van der Waals surface area contributed by atoms with Crippen LogP contribution in [0.3, 0.4) is 0 Å². The summed E-state index contributed by atoms with van der Waals surface area (Å²) < 4.78 is 10.6. The Balaban J connectivity index is 1.13. The molecule has 2 saturated carbocycles. The number of hydrogen-bond donors (Lipinski definition) is 2. The Morgan fingerprint density at radius 2 is 1.90 bits per heavy atom. The minimum absolute atomic E-state index is 0.109. The lowest BCUT2D eigenvalue weighted by molar-refractivity contribution is 0.0697. The number of carboxylic acid groups (broad SMARTS) is 1. The lowest BCUT2D eigenvalue weighted by atomic mass is 10.1. The number of likely N-dealkylation sites (tertiary alicyclic amines) is 1. The number of imidazole rings is 1. The van der Waals surface area contributed by atoms with Crippen LogP contribution in [0.1, 0.15) is 48.0 Å². The molecule has 9 rings (SSSR count). The van der Waals surface area contributed by atoms with Gasteiger partial charge in [-0.15, -0.1) is 0 Å². The molecule has 0 spiro atoms. The number of nitrogens with one attached hydrogen (secondary N) is 1. The molecule has 5 aromatic rings. The number of benzene rings is 1. The van der Waals surface area contributed by atoms with Gasteiger partial charge >= 0.3 is 6.09 Å². The predicted octanol–water partition coefficient (Wildman–Crippen LogP) is 5.14. The number of hydrogen-bond acceptors (Lipinski definition) is 8. The summed E-state index contributed by atoms with van der Waals surface area (Å²) in [7, 11) is 1.63. The van der Waals surface area contributed by atoms with E-state index in [0.717, 1.165) is 72.7 Å². The minimum Gasteiger partial charge on any atom is -0.494 e. The van der Waals surface area contributed by atoms with Gasteiger partial charge in [-0.25, -0.2) is 14.8 Å². The number of amides is 2. The fraction of sp³-hybridized carbons (Fsp3) is 0.421. The molecule has 0 radical (unpaired) electrons. The Morgan fingerprint density at radius 3 is 2.71 bits per heavy atom. The number of aromatic nitrogens is 5. The highest BCUT2D eigenvalue weighted by Crippen LogP contribution is 2.41. The van der Waals surface area contributed by atoms with Gasteiger partial charge in [-0.3, -0.25) is 9.78 Å². The van der Waals surface area contributed by atoms with Crippen LogP contribution in [0, 0.1) is 29.1 Å². The summed E-state index contributed by atoms with van der Waals surface area (Å²) in [5.74, 6) is 2.23. The summed E-state index contributed by atoms with van der Waals surface area (Å²) in [6, 6.07) is 13.6. The molecule has 260 valence electrons. The molecule has 13 nitrogen and oxygen atoms in total. The van der Waals surface area contributed by atoms with Crippen molar-refractivity contribution < 1.29 is 19.4 Å². The second kappa shape index (κ2) is 12.3. The zero-order chi connectivity index (χ0) is 34.8. The fourth-order valence-corrected chi connectivity index (χ4v) is 8.79. The molecule has 2 N–H and O–H groups in total. The van der Waals surface area contributed by atoms with Crippen molar-refractivity contribution in [2.75, 3.05) is 31.6 Å². The van der Waals surface area contributed by atoms with Gasteiger partial charge in [0.1, 0.15) is 23.0 Å². The molecule has 4 atom stereocenters. The van der Waals surface area contributed by atoms with Crippen molar-refractivity contribution >= 4 is 39.8 Å². The Kier molecular flexibility index (Phi) is 7.56. The summed E-state index contributed by atoms with van der Waals surface area (Å²) in [6.07, 6.45) is 9.20. The fourth-order valence-electron chi connectivity index (χ4n) is 8.79. The first-order chi connectivity index (χ1) is 24.9. The van der Waals surface area contributed by atoms with Crippen LogP contribution in [-0.4, -0.2) is 84.9 Å². The number of fused-ring (bicyclic) bond motifs is 4. The largest absolute Gasteiger partial charge is 0.494 e. The van der Waals surface area contributed by atoms with Crippen LogP contribution in [0.2, 0.25) is 0 Å². The van der Waals surface area contributed by atoms with Crippen molar-refractivity contribution in [2.24, 2.45) is 17.8 Å². The first kappa shape index (κ1) is 31.3. The molecule has 51 heavy (non-hydrogen) atoms. The maximum absolute atomic E-state index is 14.2. The number of carbonyl (C=O) groups is 2. The van der Waals surface area contributed by atoms with Gasteiger partial charge in [0.2, 0.25) is 0 Å². The second-order valence-corrected chi connectivity index (χ2v) is 14.6. The monoisotopic (exact) mass is 685 g/mol. The van der Waals surface area contributed by atoms with Crippen molar-refractivity contribution in [3.8, 4) is 23.3 Å². The zero-order valence-electron chi connectivity index (χ0n) is 28.4. The molecule has 2 saturated heterocycles. The summed E-state index contributed by atoms with van der Waals surface area (Å²) in [5.41, 5.74) is 5.40. The molecule has 1 unspecified atom stereocenters. The first-order valence-electron chi connectivity index (χ1n) is 17.8. The third-order valence-electron chi connectivity index (χ3n) is 11.4. The Bertz CT molecular complexity index is 2230. The van der Waals surface area contributed by atoms with Crippen LogP contribution in [0.25, 0.3) is 33.6 Å². The predicted molar refractivity (Wildman–Crippen MR) is 190 cm³/mol. The van der Waals surface area contributed by atoms with E-state index in [-0.39, 0.29) is 29.8 Å². The van der Waals surface area contributed by atoms with E-state index in [2.05, 4.69) is 42.5 Å². The average molecular weight is 686 g/mol. The molecule has 2 amide bonds. The SMILES string of the molecule is COc1cc(C(=O)N2C[C@H]3CC[C@@H]2[C@@H]3NC(=O)O)cc2nc(-c3cc4cccnc4n3CC3CC3)n(CC3CCN(c4cncc(C#N)c4)C3)c12. The van der Waals surface area contributed by atoms with Crippen LogP contribution >= 0.6 is 0 Å². The number of nitriles is 1. The number of anilines is 1. The van der Waals surface area contributed by atoms with Gasteiger partial charge in [0, 0.05) is 56.1 Å². The number of piperidine rings is 1. The van der Waals surface area contributed by atoms with Gasteiger partial charge in [-0.05, 0) is 86.3 Å². The quantitative estimate of drug-likeness (QED) is 0.215. The smallest absolute Gasteiger partial charge is 0.404 e. The van der Waals surface area contributed by atoms with Gasteiger partial charge in [-0.1, -0.05) is 0 Å². The number of carbonyl (C=O) groups excluding carboxylic acids is 1. The summed E-state index contributed by atoms with van der Waals surface area (Å²) >= 11 is 0. The molecule has 13 heteroatoms. The molecule has 4 fully saturated rings. The maximum Gasteiger partial charge on any atom is 0.404 e. The van der Waals surface area contributed by atoms with Crippen LogP contribution in [0.15, 0.2) is 55.0 Å². The van der Waals surface area contributed by atoms with E-state index in [0.29, 0.717) is 41.4 Å².